The van der Waals surface area contributed by atoms with Gasteiger partial charge in [-0.05, 0) is 19.9 Å². The molecule has 4 heterocycles. The molecule has 0 saturated carbocycles. The third kappa shape index (κ3) is 3.62. The molecule has 4 rings (SSSR count). The molecule has 0 unspecified atom stereocenters. The standard InChI is InChI=1S/C21H28N6O5/c1-13(2)24-6-8-25(9-7-24)14-11-15(26-10-5-23(3)21(26)31)18-22-16(20(30)32-4)17(28)19(29)27(18)12-14/h11-13,28H,5-10H2,1-4H3/p+1. The summed E-state index contributed by atoms with van der Waals surface area (Å²) >= 11 is 0. The van der Waals surface area contributed by atoms with Crippen LogP contribution in [-0.2, 0) is 4.74 Å². The zero-order valence-electron chi connectivity index (χ0n) is 18.8. The Morgan fingerprint density at radius 3 is 2.44 bits per heavy atom. The Morgan fingerprint density at radius 2 is 1.88 bits per heavy atom. The van der Waals surface area contributed by atoms with Crippen molar-refractivity contribution in [1.82, 2.24) is 14.3 Å². The highest BCUT2D eigenvalue weighted by Crippen LogP contribution is 2.30. The Balaban J connectivity index is 1.87. The van der Waals surface area contributed by atoms with Gasteiger partial charge in [-0.25, -0.2) is 14.6 Å². The third-order valence-electron chi connectivity index (χ3n) is 6.34. The molecule has 2 aromatic rings. The largest absolute Gasteiger partial charge is 0.501 e. The Hall–Kier alpha value is -3.34. The number of hydrogen-bond acceptors (Lipinski definition) is 7. The smallest absolute Gasteiger partial charge is 0.360 e. The number of nitrogens with one attached hydrogen (secondary N) is 1. The normalized spacial score (nSPS) is 17.7. The molecular formula is C21H29N6O5+. The Labute approximate surface area is 185 Å². The van der Waals surface area contributed by atoms with Crippen molar-refractivity contribution in [2.24, 2.45) is 0 Å². The maximum Gasteiger partial charge on any atom is 0.360 e. The molecule has 0 atom stereocenters. The molecule has 2 amide bonds. The minimum absolute atomic E-state index is 0.118. The zero-order valence-corrected chi connectivity index (χ0v) is 18.8. The average molecular weight is 446 g/mol. The van der Waals surface area contributed by atoms with Crippen molar-refractivity contribution in [1.29, 1.82) is 0 Å². The molecule has 32 heavy (non-hydrogen) atoms. The topological polar surface area (TPSA) is 112 Å². The van der Waals surface area contributed by atoms with E-state index in [1.807, 2.05) is 6.07 Å². The molecule has 0 bridgehead atoms. The van der Waals surface area contributed by atoms with E-state index in [1.165, 1.54) is 9.30 Å². The van der Waals surface area contributed by atoms with Crippen molar-refractivity contribution in [2.45, 2.75) is 19.9 Å². The first-order valence-electron chi connectivity index (χ1n) is 10.7. The number of nitrogens with zero attached hydrogens (tertiary/aromatic N) is 5. The number of aromatic nitrogens is 2. The van der Waals surface area contributed by atoms with Gasteiger partial charge < -0.3 is 24.5 Å². The molecule has 0 spiro atoms. The van der Waals surface area contributed by atoms with Crippen LogP contribution in [0.3, 0.4) is 0 Å². The number of urea groups is 1. The minimum atomic E-state index is -0.922. The second-order valence-electron chi connectivity index (χ2n) is 8.54. The highest BCUT2D eigenvalue weighted by molar-refractivity contribution is 5.99. The summed E-state index contributed by atoms with van der Waals surface area (Å²) in [5.41, 5.74) is 0.0298. The second kappa shape index (κ2) is 8.30. The number of carbonyl (C=O) groups is 2. The van der Waals surface area contributed by atoms with E-state index >= 15 is 0 Å². The van der Waals surface area contributed by atoms with Crippen LogP contribution < -0.4 is 20.3 Å². The quantitative estimate of drug-likeness (QED) is 0.591. The SMILES string of the molecule is COC(=O)c1nc2c(N3CCN(C)C3=O)cc(N3CC[NH+](C(C)C)CC3)cn2c(=O)c1O. The number of fused-ring (bicyclic) bond motifs is 1. The van der Waals surface area contributed by atoms with Crippen molar-refractivity contribution in [3.8, 4) is 5.75 Å². The monoisotopic (exact) mass is 445 g/mol. The minimum Gasteiger partial charge on any atom is -0.501 e. The van der Waals surface area contributed by atoms with Crippen LogP contribution in [0.1, 0.15) is 24.3 Å². The van der Waals surface area contributed by atoms with Crippen LogP contribution in [0.15, 0.2) is 17.1 Å². The van der Waals surface area contributed by atoms with Gasteiger partial charge in [0.05, 0.1) is 50.7 Å². The number of pyridine rings is 1. The lowest BCUT2D eigenvalue weighted by molar-refractivity contribution is -0.921. The predicted molar refractivity (Wildman–Crippen MR) is 118 cm³/mol. The molecular weight excluding hydrogens is 416 g/mol. The van der Waals surface area contributed by atoms with Gasteiger partial charge in [0.15, 0.2) is 11.3 Å². The molecule has 2 fully saturated rings. The van der Waals surface area contributed by atoms with Gasteiger partial charge in [0.1, 0.15) is 0 Å². The molecule has 11 nitrogen and oxygen atoms in total. The Morgan fingerprint density at radius 1 is 1.19 bits per heavy atom. The van der Waals surface area contributed by atoms with Crippen molar-refractivity contribution in [3.05, 3.63) is 28.3 Å². The van der Waals surface area contributed by atoms with E-state index in [0.29, 0.717) is 24.8 Å². The van der Waals surface area contributed by atoms with Gasteiger partial charge in [0.2, 0.25) is 5.75 Å². The van der Waals surface area contributed by atoms with E-state index in [2.05, 4.69) is 28.5 Å². The van der Waals surface area contributed by atoms with E-state index in [0.717, 1.165) is 39.0 Å². The van der Waals surface area contributed by atoms with Crippen molar-refractivity contribution >= 4 is 29.0 Å². The number of aromatic hydroxyl groups is 1. The van der Waals surface area contributed by atoms with Crippen LogP contribution in [0.2, 0.25) is 0 Å². The van der Waals surface area contributed by atoms with Crippen LogP contribution in [0, 0.1) is 0 Å². The molecule has 2 saturated heterocycles. The molecule has 2 aliphatic rings. The summed E-state index contributed by atoms with van der Waals surface area (Å²) in [6.45, 7) is 8.83. The lowest BCUT2D eigenvalue weighted by Gasteiger charge is -2.36. The first-order chi connectivity index (χ1) is 15.2. The van der Waals surface area contributed by atoms with Crippen molar-refractivity contribution in [2.75, 3.05) is 63.2 Å². The fraction of sp³-hybridized carbons (Fsp3) is 0.524. The summed E-state index contributed by atoms with van der Waals surface area (Å²) in [5, 5.41) is 10.3. The predicted octanol–water partition coefficient (Wildman–Crippen LogP) is -0.828. The van der Waals surface area contributed by atoms with Gasteiger partial charge in [0.25, 0.3) is 0 Å². The van der Waals surface area contributed by atoms with Gasteiger partial charge in [-0.15, -0.1) is 0 Å². The number of anilines is 2. The Kier molecular flexibility index (Phi) is 5.68. The number of carbonyl (C=O) groups excluding carboxylic acids is 2. The van der Waals surface area contributed by atoms with Gasteiger partial charge in [-0.2, -0.15) is 0 Å². The molecule has 172 valence electrons. The number of methoxy groups -OCH3 is 1. The number of quaternary nitrogens is 1. The van der Waals surface area contributed by atoms with Gasteiger partial charge >= 0.3 is 17.6 Å². The van der Waals surface area contributed by atoms with E-state index in [4.69, 9.17) is 0 Å². The summed E-state index contributed by atoms with van der Waals surface area (Å²) in [5.74, 6) is -1.70. The van der Waals surface area contributed by atoms with E-state index in [-0.39, 0.29) is 11.7 Å². The molecule has 0 radical (unpaired) electrons. The van der Waals surface area contributed by atoms with Gasteiger partial charge in [0, 0.05) is 26.3 Å². The molecule has 0 aliphatic carbocycles. The first-order valence-corrected chi connectivity index (χ1v) is 10.7. The third-order valence-corrected chi connectivity index (χ3v) is 6.34. The zero-order chi connectivity index (χ0) is 23.2. The summed E-state index contributed by atoms with van der Waals surface area (Å²) in [4.78, 5) is 48.9. The Bertz CT molecular complexity index is 1120. The second-order valence-corrected chi connectivity index (χ2v) is 8.54. The molecule has 0 aromatic carbocycles. The van der Waals surface area contributed by atoms with Crippen molar-refractivity contribution in [3.63, 3.8) is 0 Å². The lowest BCUT2D eigenvalue weighted by Crippen LogP contribution is -3.17. The maximum atomic E-state index is 13.0. The van der Waals surface area contributed by atoms with Gasteiger partial charge in [-0.1, -0.05) is 0 Å². The van der Waals surface area contributed by atoms with Crippen LogP contribution in [0.25, 0.3) is 5.65 Å². The lowest BCUT2D eigenvalue weighted by atomic mass is 10.2. The number of piperazine rings is 1. The number of esters is 1. The fourth-order valence-corrected chi connectivity index (χ4v) is 4.31. The van der Waals surface area contributed by atoms with Crippen molar-refractivity contribution < 1.29 is 24.3 Å². The summed E-state index contributed by atoms with van der Waals surface area (Å²) in [6.07, 6.45) is 1.61. The molecule has 11 heteroatoms. The highest BCUT2D eigenvalue weighted by atomic mass is 16.5. The summed E-state index contributed by atoms with van der Waals surface area (Å²) < 4.78 is 5.87. The average Bonchev–Trinajstić information content (AvgIpc) is 3.13. The highest BCUT2D eigenvalue weighted by Gasteiger charge is 2.32. The summed E-state index contributed by atoms with van der Waals surface area (Å²) in [7, 11) is 2.85. The number of amides is 2. The van der Waals surface area contributed by atoms with E-state index in [1.54, 1.807) is 23.0 Å². The fourth-order valence-electron chi connectivity index (χ4n) is 4.31. The summed E-state index contributed by atoms with van der Waals surface area (Å²) in [6, 6.07) is 2.14. The number of hydrogen-bond donors (Lipinski definition) is 2. The van der Waals surface area contributed by atoms with Gasteiger partial charge in [-0.3, -0.25) is 14.1 Å². The van der Waals surface area contributed by atoms with Crippen LogP contribution in [-0.4, -0.2) is 90.9 Å². The van der Waals surface area contributed by atoms with Crippen LogP contribution in [0.4, 0.5) is 16.2 Å². The number of ether oxygens (including phenoxy) is 1. The van der Waals surface area contributed by atoms with E-state index < -0.39 is 23.0 Å². The first kappa shape index (κ1) is 21.9. The number of likely N-dealkylation sites (N-methyl/N-ethyl adjacent to an activating group) is 1. The maximum absolute atomic E-state index is 13.0. The van der Waals surface area contributed by atoms with Crippen LogP contribution >= 0.6 is 0 Å². The molecule has 2 aliphatic heterocycles. The van der Waals surface area contributed by atoms with E-state index in [9.17, 15) is 19.5 Å². The molecule has 2 aromatic heterocycles. The molecule has 2 N–H and O–H groups in total. The number of rotatable bonds is 4. The van der Waals surface area contributed by atoms with Crippen LogP contribution in [0.5, 0.6) is 5.75 Å².